The van der Waals surface area contributed by atoms with E-state index in [9.17, 15) is 14.0 Å². The first kappa shape index (κ1) is 21.7. The number of hydrogen-bond acceptors (Lipinski definition) is 4. The molecule has 2 unspecified atom stereocenters. The minimum absolute atomic E-state index is 0. The van der Waals surface area contributed by atoms with Gasteiger partial charge in [-0.05, 0) is 63.0 Å². The van der Waals surface area contributed by atoms with Gasteiger partial charge in [0.15, 0.2) is 0 Å². The van der Waals surface area contributed by atoms with Crippen molar-refractivity contribution in [1.82, 2.24) is 10.6 Å². The minimum Gasteiger partial charge on any atom is -0.355 e. The second-order valence-corrected chi connectivity index (χ2v) is 7.28. The normalized spacial score (nSPS) is 17.4. The van der Waals surface area contributed by atoms with E-state index in [-0.39, 0.29) is 41.0 Å². The summed E-state index contributed by atoms with van der Waals surface area (Å²) in [6, 6.07) is 5.59. The highest BCUT2D eigenvalue weighted by Crippen LogP contribution is 2.14. The molecule has 5 nitrogen and oxygen atoms in total. The fourth-order valence-electron chi connectivity index (χ4n) is 2.51. The van der Waals surface area contributed by atoms with Gasteiger partial charge in [-0.2, -0.15) is 0 Å². The van der Waals surface area contributed by atoms with Crippen molar-refractivity contribution in [2.24, 2.45) is 5.92 Å². The molecule has 1 aliphatic rings. The van der Waals surface area contributed by atoms with Crippen LogP contribution in [0.5, 0.6) is 0 Å². The van der Waals surface area contributed by atoms with E-state index in [2.05, 4.69) is 16.0 Å². The molecule has 1 aromatic carbocycles. The molecule has 2 amide bonds. The van der Waals surface area contributed by atoms with Crippen LogP contribution >= 0.6 is 24.2 Å². The summed E-state index contributed by atoms with van der Waals surface area (Å²) in [5.74, 6) is 0.234. The van der Waals surface area contributed by atoms with E-state index in [4.69, 9.17) is 0 Å². The van der Waals surface area contributed by atoms with Crippen LogP contribution in [0.4, 0.5) is 10.1 Å². The average molecular weight is 390 g/mol. The Balaban J connectivity index is 0.00000312. The molecule has 3 N–H and O–H groups in total. The molecule has 0 saturated carbocycles. The van der Waals surface area contributed by atoms with E-state index in [1.165, 1.54) is 42.4 Å². The van der Waals surface area contributed by atoms with Crippen LogP contribution < -0.4 is 16.0 Å². The molecule has 1 aromatic rings. The highest BCUT2D eigenvalue weighted by molar-refractivity contribution is 8.01. The zero-order chi connectivity index (χ0) is 17.4. The number of rotatable bonds is 8. The van der Waals surface area contributed by atoms with Gasteiger partial charge in [0.2, 0.25) is 11.8 Å². The molecule has 0 bridgehead atoms. The fraction of sp³-hybridized carbons (Fsp3) is 0.529. The van der Waals surface area contributed by atoms with Gasteiger partial charge in [0.1, 0.15) is 5.82 Å². The maximum Gasteiger partial charge on any atom is 0.234 e. The lowest BCUT2D eigenvalue weighted by molar-refractivity contribution is -0.120. The summed E-state index contributed by atoms with van der Waals surface area (Å²) in [7, 11) is 0. The minimum atomic E-state index is -0.346. The Morgan fingerprint density at radius 2 is 2.08 bits per heavy atom. The first-order valence-electron chi connectivity index (χ1n) is 8.20. The summed E-state index contributed by atoms with van der Waals surface area (Å²) in [6.45, 7) is 4.57. The van der Waals surface area contributed by atoms with Crippen LogP contribution in [-0.2, 0) is 9.59 Å². The van der Waals surface area contributed by atoms with Gasteiger partial charge in [0.25, 0.3) is 0 Å². The number of halogens is 2. The number of carbonyl (C=O) groups is 2. The van der Waals surface area contributed by atoms with Gasteiger partial charge in [-0.3, -0.25) is 9.59 Å². The predicted octanol–water partition coefficient (Wildman–Crippen LogP) is 2.42. The second-order valence-electron chi connectivity index (χ2n) is 5.95. The molecule has 1 aliphatic heterocycles. The molecular weight excluding hydrogens is 365 g/mol. The molecule has 25 heavy (non-hydrogen) atoms. The first-order valence-corrected chi connectivity index (χ1v) is 9.25. The number of carbonyl (C=O) groups excluding carboxylic acids is 2. The molecular formula is C17H25ClFN3O2S. The third kappa shape index (κ3) is 8.07. The van der Waals surface area contributed by atoms with Gasteiger partial charge in [-0.25, -0.2) is 4.39 Å². The van der Waals surface area contributed by atoms with Crippen LogP contribution in [0.3, 0.4) is 0 Å². The van der Waals surface area contributed by atoms with Gasteiger partial charge < -0.3 is 16.0 Å². The van der Waals surface area contributed by atoms with Gasteiger partial charge in [-0.1, -0.05) is 0 Å². The monoisotopic (exact) mass is 389 g/mol. The lowest BCUT2D eigenvalue weighted by Crippen LogP contribution is -2.33. The van der Waals surface area contributed by atoms with Crippen molar-refractivity contribution in [3.8, 4) is 0 Å². The third-order valence-electron chi connectivity index (χ3n) is 3.98. The van der Waals surface area contributed by atoms with Crippen molar-refractivity contribution in [1.29, 1.82) is 0 Å². The zero-order valence-electron chi connectivity index (χ0n) is 14.2. The predicted molar refractivity (Wildman–Crippen MR) is 103 cm³/mol. The summed E-state index contributed by atoms with van der Waals surface area (Å²) in [5, 5.41) is 8.63. The Bertz CT molecular complexity index is 553. The van der Waals surface area contributed by atoms with Crippen LogP contribution in [0.2, 0.25) is 0 Å². The first-order chi connectivity index (χ1) is 11.5. The molecule has 1 heterocycles. The van der Waals surface area contributed by atoms with E-state index in [0.717, 1.165) is 19.5 Å². The van der Waals surface area contributed by atoms with Gasteiger partial charge >= 0.3 is 0 Å². The maximum atomic E-state index is 12.8. The number of thioether (sulfide) groups is 1. The van der Waals surface area contributed by atoms with Crippen LogP contribution in [0.25, 0.3) is 0 Å². The SMILES string of the molecule is CC(SCC(=O)Nc1ccc(F)cc1)C(=O)NCCC1CCNC1.Cl. The van der Waals surface area contributed by atoms with Crippen LogP contribution in [0.15, 0.2) is 24.3 Å². The molecule has 0 aliphatic carbocycles. The number of amides is 2. The number of anilines is 1. The van der Waals surface area contributed by atoms with Gasteiger partial charge in [0, 0.05) is 12.2 Å². The van der Waals surface area contributed by atoms with Gasteiger partial charge in [0.05, 0.1) is 11.0 Å². The topological polar surface area (TPSA) is 70.2 Å². The van der Waals surface area contributed by atoms with E-state index < -0.39 is 0 Å². The molecule has 0 spiro atoms. The largest absolute Gasteiger partial charge is 0.355 e. The lowest BCUT2D eigenvalue weighted by atomic mass is 10.1. The quantitative estimate of drug-likeness (QED) is 0.638. The molecule has 0 radical (unpaired) electrons. The van der Waals surface area contributed by atoms with Crippen molar-refractivity contribution in [3.05, 3.63) is 30.1 Å². The number of hydrogen-bond donors (Lipinski definition) is 3. The number of nitrogens with one attached hydrogen (secondary N) is 3. The second kappa shape index (κ2) is 11.3. The van der Waals surface area contributed by atoms with E-state index in [0.29, 0.717) is 18.2 Å². The van der Waals surface area contributed by atoms with Crippen molar-refractivity contribution >= 4 is 41.7 Å². The molecule has 2 rings (SSSR count). The Morgan fingerprint density at radius 1 is 1.36 bits per heavy atom. The molecule has 2 atom stereocenters. The lowest BCUT2D eigenvalue weighted by Gasteiger charge is -2.13. The smallest absolute Gasteiger partial charge is 0.234 e. The van der Waals surface area contributed by atoms with Crippen molar-refractivity contribution in [2.45, 2.75) is 25.0 Å². The average Bonchev–Trinajstić information content (AvgIpc) is 3.08. The number of benzene rings is 1. The van der Waals surface area contributed by atoms with Crippen molar-refractivity contribution in [3.63, 3.8) is 0 Å². The molecule has 8 heteroatoms. The Labute approximate surface area is 158 Å². The summed E-state index contributed by atoms with van der Waals surface area (Å²) >= 11 is 1.29. The van der Waals surface area contributed by atoms with Crippen LogP contribution in [0.1, 0.15) is 19.8 Å². The maximum absolute atomic E-state index is 12.8. The molecule has 0 aromatic heterocycles. The third-order valence-corrected chi connectivity index (χ3v) is 5.12. The summed E-state index contributed by atoms with van der Waals surface area (Å²) in [4.78, 5) is 23.9. The molecule has 1 fully saturated rings. The Hall–Kier alpha value is -1.31. The molecule has 1 saturated heterocycles. The van der Waals surface area contributed by atoms with Crippen LogP contribution in [-0.4, -0.2) is 42.5 Å². The highest BCUT2D eigenvalue weighted by atomic mass is 35.5. The van der Waals surface area contributed by atoms with Crippen molar-refractivity contribution < 1.29 is 14.0 Å². The van der Waals surface area contributed by atoms with E-state index in [1.807, 2.05) is 0 Å². The highest BCUT2D eigenvalue weighted by Gasteiger charge is 2.17. The van der Waals surface area contributed by atoms with Crippen molar-refractivity contribution in [2.75, 3.05) is 30.7 Å². The standard InChI is InChI=1S/C17H24FN3O2S.ClH/c1-12(17(23)20-9-7-13-6-8-19-10-13)24-11-16(22)21-15-4-2-14(18)3-5-15;/h2-5,12-13,19H,6-11H2,1H3,(H,20,23)(H,21,22);1H. The van der Waals surface area contributed by atoms with E-state index in [1.54, 1.807) is 6.92 Å². The fourth-order valence-corrected chi connectivity index (χ4v) is 3.22. The zero-order valence-corrected chi connectivity index (χ0v) is 15.9. The summed E-state index contributed by atoms with van der Waals surface area (Å²) in [5.41, 5.74) is 0.546. The molecule has 140 valence electrons. The Kier molecular flexibility index (Phi) is 9.85. The summed E-state index contributed by atoms with van der Waals surface area (Å²) in [6.07, 6.45) is 2.16. The van der Waals surface area contributed by atoms with Gasteiger partial charge in [-0.15, -0.1) is 24.2 Å². The van der Waals surface area contributed by atoms with Crippen LogP contribution in [0, 0.1) is 11.7 Å². The van der Waals surface area contributed by atoms with E-state index >= 15 is 0 Å². The summed E-state index contributed by atoms with van der Waals surface area (Å²) < 4.78 is 12.8. The Morgan fingerprint density at radius 3 is 2.72 bits per heavy atom.